The van der Waals surface area contributed by atoms with Crippen LogP contribution in [0, 0.1) is 5.82 Å². The molecule has 110 valence electrons. The molecule has 1 saturated carbocycles. The molecule has 1 aliphatic carbocycles. The minimum absolute atomic E-state index is 0.185. The molecule has 4 heteroatoms. The van der Waals surface area contributed by atoms with Crippen molar-refractivity contribution in [3.8, 4) is 0 Å². The zero-order valence-corrected chi connectivity index (χ0v) is 12.2. The minimum atomic E-state index is -0.237. The van der Waals surface area contributed by atoms with Crippen LogP contribution in [-0.2, 0) is 11.3 Å². The predicted octanol–water partition coefficient (Wildman–Crippen LogP) is 2.70. The summed E-state index contributed by atoms with van der Waals surface area (Å²) in [4.78, 5) is 14.3. The summed E-state index contributed by atoms with van der Waals surface area (Å²) < 4.78 is 12.9. The average Bonchev–Trinajstić information content (AvgIpc) is 3.22. The van der Waals surface area contributed by atoms with Crippen LogP contribution in [0.4, 0.5) is 4.39 Å². The standard InChI is InChI=1S/C16H23FN2O/c1-3-18-12(2)10-16(20)19(15-8-9-15)11-13-4-6-14(17)7-5-13/h4-7,12,15,18H,3,8-11H2,1-2H3. The second kappa shape index (κ2) is 6.84. The Kier molecular flexibility index (Phi) is 5.12. The van der Waals surface area contributed by atoms with Crippen LogP contribution in [0.5, 0.6) is 0 Å². The van der Waals surface area contributed by atoms with Crippen molar-refractivity contribution in [3.63, 3.8) is 0 Å². The van der Waals surface area contributed by atoms with E-state index in [4.69, 9.17) is 0 Å². The zero-order valence-electron chi connectivity index (χ0n) is 12.2. The van der Waals surface area contributed by atoms with E-state index in [1.165, 1.54) is 12.1 Å². The fourth-order valence-corrected chi connectivity index (χ4v) is 2.39. The Morgan fingerprint density at radius 1 is 1.40 bits per heavy atom. The SMILES string of the molecule is CCNC(C)CC(=O)N(Cc1ccc(F)cc1)C1CC1. The van der Waals surface area contributed by atoms with Gasteiger partial charge in [0.15, 0.2) is 0 Å². The molecular weight excluding hydrogens is 255 g/mol. The van der Waals surface area contributed by atoms with Gasteiger partial charge in [-0.1, -0.05) is 19.1 Å². The van der Waals surface area contributed by atoms with Crippen LogP contribution in [-0.4, -0.2) is 29.4 Å². The van der Waals surface area contributed by atoms with Gasteiger partial charge in [-0.05, 0) is 44.0 Å². The summed E-state index contributed by atoms with van der Waals surface area (Å²) in [7, 11) is 0. The molecule has 20 heavy (non-hydrogen) atoms. The minimum Gasteiger partial charge on any atom is -0.335 e. The van der Waals surface area contributed by atoms with E-state index < -0.39 is 0 Å². The van der Waals surface area contributed by atoms with Crippen LogP contribution in [0.25, 0.3) is 0 Å². The van der Waals surface area contributed by atoms with Crippen molar-refractivity contribution in [3.05, 3.63) is 35.6 Å². The molecule has 1 fully saturated rings. The first kappa shape index (κ1) is 15.0. The first-order valence-corrected chi connectivity index (χ1v) is 7.37. The lowest BCUT2D eigenvalue weighted by Crippen LogP contribution is -2.37. The lowest BCUT2D eigenvalue weighted by atomic mass is 10.1. The van der Waals surface area contributed by atoms with Crippen molar-refractivity contribution in [1.29, 1.82) is 0 Å². The second-order valence-electron chi connectivity index (χ2n) is 5.54. The van der Waals surface area contributed by atoms with Gasteiger partial charge in [-0.25, -0.2) is 4.39 Å². The molecule has 0 heterocycles. The highest BCUT2D eigenvalue weighted by Gasteiger charge is 2.32. The maximum atomic E-state index is 12.9. The molecule has 3 nitrogen and oxygen atoms in total. The molecule has 0 bridgehead atoms. The van der Waals surface area contributed by atoms with E-state index in [9.17, 15) is 9.18 Å². The summed E-state index contributed by atoms with van der Waals surface area (Å²) >= 11 is 0. The quantitative estimate of drug-likeness (QED) is 0.831. The summed E-state index contributed by atoms with van der Waals surface area (Å²) in [6.45, 7) is 5.53. The number of nitrogens with one attached hydrogen (secondary N) is 1. The van der Waals surface area contributed by atoms with Gasteiger partial charge < -0.3 is 10.2 Å². The average molecular weight is 278 g/mol. The molecule has 1 unspecified atom stereocenters. The maximum Gasteiger partial charge on any atom is 0.224 e. The Morgan fingerprint density at radius 2 is 2.05 bits per heavy atom. The molecule has 1 atom stereocenters. The van der Waals surface area contributed by atoms with E-state index in [0.29, 0.717) is 19.0 Å². The van der Waals surface area contributed by atoms with Gasteiger partial charge in [0.25, 0.3) is 0 Å². The molecule has 2 rings (SSSR count). The summed E-state index contributed by atoms with van der Waals surface area (Å²) in [5.74, 6) is -0.0518. The molecule has 0 aliphatic heterocycles. The zero-order chi connectivity index (χ0) is 14.5. The maximum absolute atomic E-state index is 12.9. The first-order chi connectivity index (χ1) is 9.60. The largest absolute Gasteiger partial charge is 0.335 e. The Labute approximate surface area is 120 Å². The number of hydrogen-bond donors (Lipinski definition) is 1. The molecule has 0 radical (unpaired) electrons. The number of carbonyl (C=O) groups excluding carboxylic acids is 1. The Morgan fingerprint density at radius 3 is 2.60 bits per heavy atom. The van der Waals surface area contributed by atoms with E-state index in [1.807, 2.05) is 18.7 Å². The number of nitrogens with zero attached hydrogens (tertiary/aromatic N) is 1. The molecule has 1 amide bonds. The highest BCUT2D eigenvalue weighted by Crippen LogP contribution is 2.29. The molecule has 1 aromatic rings. The van der Waals surface area contributed by atoms with Crippen LogP contribution in [0.3, 0.4) is 0 Å². The highest BCUT2D eigenvalue weighted by molar-refractivity contribution is 5.77. The van der Waals surface area contributed by atoms with Crippen LogP contribution in [0.15, 0.2) is 24.3 Å². The van der Waals surface area contributed by atoms with Crippen LogP contribution >= 0.6 is 0 Å². The van der Waals surface area contributed by atoms with Gasteiger partial charge in [0.05, 0.1) is 0 Å². The van der Waals surface area contributed by atoms with Gasteiger partial charge in [-0.15, -0.1) is 0 Å². The lowest BCUT2D eigenvalue weighted by Gasteiger charge is -2.24. The van der Waals surface area contributed by atoms with Gasteiger partial charge in [0.1, 0.15) is 5.82 Å². The summed E-state index contributed by atoms with van der Waals surface area (Å²) in [5, 5.41) is 3.26. The number of amides is 1. The normalized spacial score (nSPS) is 15.9. The predicted molar refractivity (Wildman–Crippen MR) is 77.7 cm³/mol. The van der Waals surface area contributed by atoms with E-state index in [1.54, 1.807) is 12.1 Å². The van der Waals surface area contributed by atoms with Gasteiger partial charge in [-0.3, -0.25) is 4.79 Å². The lowest BCUT2D eigenvalue weighted by molar-refractivity contribution is -0.132. The topological polar surface area (TPSA) is 32.3 Å². The summed E-state index contributed by atoms with van der Waals surface area (Å²) in [6.07, 6.45) is 2.69. The molecule has 0 aromatic heterocycles. The van der Waals surface area contributed by atoms with E-state index >= 15 is 0 Å². The molecule has 0 saturated heterocycles. The van der Waals surface area contributed by atoms with Crippen molar-refractivity contribution in [2.75, 3.05) is 6.54 Å². The summed E-state index contributed by atoms with van der Waals surface area (Å²) in [6, 6.07) is 6.98. The van der Waals surface area contributed by atoms with Crippen LogP contribution in [0.2, 0.25) is 0 Å². The third kappa shape index (κ3) is 4.30. The fraction of sp³-hybridized carbons (Fsp3) is 0.562. The number of carbonyl (C=O) groups is 1. The Hall–Kier alpha value is -1.42. The van der Waals surface area contributed by atoms with Crippen LogP contribution in [0.1, 0.15) is 38.7 Å². The highest BCUT2D eigenvalue weighted by atomic mass is 19.1. The third-order valence-electron chi connectivity index (χ3n) is 3.61. The summed E-state index contributed by atoms with van der Waals surface area (Å²) in [5.41, 5.74) is 0.989. The number of rotatable bonds is 7. The van der Waals surface area contributed by atoms with Crippen molar-refractivity contribution >= 4 is 5.91 Å². The molecule has 1 aliphatic rings. The first-order valence-electron chi connectivity index (χ1n) is 7.37. The number of benzene rings is 1. The van der Waals surface area contributed by atoms with Crippen molar-refractivity contribution in [2.45, 2.75) is 51.7 Å². The smallest absolute Gasteiger partial charge is 0.224 e. The van der Waals surface area contributed by atoms with Crippen LogP contribution < -0.4 is 5.32 Å². The number of halogens is 1. The monoisotopic (exact) mass is 278 g/mol. The fourth-order valence-electron chi connectivity index (χ4n) is 2.39. The second-order valence-corrected chi connectivity index (χ2v) is 5.54. The van der Waals surface area contributed by atoms with E-state index in [2.05, 4.69) is 5.32 Å². The van der Waals surface area contributed by atoms with E-state index in [0.717, 1.165) is 24.9 Å². The van der Waals surface area contributed by atoms with Gasteiger partial charge in [0, 0.05) is 25.0 Å². The molecule has 1 aromatic carbocycles. The van der Waals surface area contributed by atoms with Gasteiger partial charge in [-0.2, -0.15) is 0 Å². The Bertz CT molecular complexity index is 442. The van der Waals surface area contributed by atoms with Crippen molar-refractivity contribution < 1.29 is 9.18 Å². The van der Waals surface area contributed by atoms with Crippen molar-refractivity contribution in [2.24, 2.45) is 0 Å². The van der Waals surface area contributed by atoms with Gasteiger partial charge >= 0.3 is 0 Å². The van der Waals surface area contributed by atoms with E-state index in [-0.39, 0.29) is 17.8 Å². The molecule has 1 N–H and O–H groups in total. The molecular formula is C16H23FN2O. The number of hydrogen-bond acceptors (Lipinski definition) is 2. The van der Waals surface area contributed by atoms with Crippen molar-refractivity contribution in [1.82, 2.24) is 10.2 Å². The third-order valence-corrected chi connectivity index (χ3v) is 3.61. The molecule has 0 spiro atoms. The Balaban J connectivity index is 1.96. The van der Waals surface area contributed by atoms with Gasteiger partial charge in [0.2, 0.25) is 5.91 Å².